The second kappa shape index (κ2) is 8.53. The van der Waals surface area contributed by atoms with Crippen LogP contribution < -0.4 is 5.32 Å². The van der Waals surface area contributed by atoms with Gasteiger partial charge in [-0.2, -0.15) is 20.8 Å². The Balaban J connectivity index is 1.34. The molecule has 1 aliphatic carbocycles. The molecule has 1 aliphatic heterocycles. The van der Waals surface area contributed by atoms with Gasteiger partial charge in [0.1, 0.15) is 11.0 Å². The molecule has 4 heterocycles. The Bertz CT molecular complexity index is 1130. The fraction of sp³-hybridized carbons (Fsp3) is 0.545. The lowest BCUT2D eigenvalue weighted by Gasteiger charge is -2.41. The summed E-state index contributed by atoms with van der Waals surface area (Å²) in [6.45, 7) is 4.47. The third-order valence-electron chi connectivity index (χ3n) is 6.80. The molecular weight excluding hydrogens is 460 g/mol. The van der Waals surface area contributed by atoms with E-state index in [0.29, 0.717) is 35.7 Å². The van der Waals surface area contributed by atoms with Gasteiger partial charge in [0.2, 0.25) is 0 Å². The van der Waals surface area contributed by atoms with Crippen LogP contribution in [0.5, 0.6) is 0 Å². The highest BCUT2D eigenvalue weighted by Crippen LogP contribution is 2.49. The fourth-order valence-corrected chi connectivity index (χ4v) is 7.32. The molecule has 5 rings (SSSR count). The number of fused-ring (bicyclic) bond motifs is 1. The Morgan fingerprint density at radius 2 is 2.15 bits per heavy atom. The van der Waals surface area contributed by atoms with Crippen molar-refractivity contribution >= 4 is 33.5 Å². The van der Waals surface area contributed by atoms with Gasteiger partial charge in [-0.15, -0.1) is 11.3 Å². The van der Waals surface area contributed by atoms with Gasteiger partial charge in [0.25, 0.3) is 5.91 Å². The van der Waals surface area contributed by atoms with Gasteiger partial charge in [-0.3, -0.25) is 23.7 Å². The van der Waals surface area contributed by atoms with Crippen LogP contribution in [0, 0.1) is 11.3 Å². The number of carbonyl (C=O) groups excluding carboxylic acids is 1. The Labute approximate surface area is 198 Å². The van der Waals surface area contributed by atoms with E-state index in [9.17, 15) is 13.9 Å². The molecule has 9 nitrogen and oxygen atoms in total. The van der Waals surface area contributed by atoms with Crippen molar-refractivity contribution in [1.82, 2.24) is 25.0 Å². The van der Waals surface area contributed by atoms with Crippen LogP contribution in [0.1, 0.15) is 65.9 Å². The van der Waals surface area contributed by atoms with Crippen LogP contribution in [-0.2, 0) is 12.8 Å². The Morgan fingerprint density at radius 1 is 1.36 bits per heavy atom. The Hall–Kier alpha value is -2.21. The van der Waals surface area contributed by atoms with Gasteiger partial charge < -0.3 is 5.32 Å². The number of aromatic amines is 1. The normalized spacial score (nSPS) is 21.8. The summed E-state index contributed by atoms with van der Waals surface area (Å²) < 4.78 is 21.9. The molecule has 4 N–H and O–H groups in total. The molecule has 0 aromatic carbocycles. The van der Waals surface area contributed by atoms with Gasteiger partial charge in [-0.1, -0.05) is 13.8 Å². The van der Waals surface area contributed by atoms with Crippen LogP contribution in [0.15, 0.2) is 24.0 Å². The number of rotatable bonds is 5. The number of H-pyrrole nitrogens is 1. The lowest BCUT2D eigenvalue weighted by atomic mass is 9.76. The maximum absolute atomic E-state index is 13.0. The van der Waals surface area contributed by atoms with Crippen molar-refractivity contribution in [1.29, 1.82) is 0 Å². The second-order valence-corrected chi connectivity index (χ2v) is 13.2. The van der Waals surface area contributed by atoms with Crippen LogP contribution in [0.2, 0.25) is 0 Å². The highest BCUT2D eigenvalue weighted by atomic mass is 32.3. The van der Waals surface area contributed by atoms with E-state index in [2.05, 4.69) is 39.4 Å². The lowest BCUT2D eigenvalue weighted by molar-refractivity contribution is 0.102. The first-order valence-corrected chi connectivity index (χ1v) is 14.0. The summed E-state index contributed by atoms with van der Waals surface area (Å²) in [4.78, 5) is 17.5. The number of aromatic nitrogens is 5. The molecule has 0 saturated carbocycles. The van der Waals surface area contributed by atoms with E-state index >= 15 is 0 Å². The minimum Gasteiger partial charge on any atom is -0.318 e. The number of hydrogen-bond donors (Lipinski definition) is 4. The van der Waals surface area contributed by atoms with Crippen molar-refractivity contribution in [2.75, 3.05) is 16.8 Å². The van der Waals surface area contributed by atoms with Crippen LogP contribution in [-0.4, -0.2) is 51.5 Å². The summed E-state index contributed by atoms with van der Waals surface area (Å²) >= 11 is 1.56. The standard InChI is InChI=1S/C22H30N6O3S2/c1-22(2)6-3-16-17(11-22)26-27-18(16)20(29)25-15-12-24-28(13-15)19(21-23-7-8-32-21)14-4-9-33(30,31)10-5-14/h7-8,12-14,19,30-31H,3-6,9-11H2,1-2H3,(H,25,29)(H,26,27). The van der Waals surface area contributed by atoms with Crippen molar-refractivity contribution in [3.63, 3.8) is 0 Å². The quantitative estimate of drug-likeness (QED) is 0.414. The number of nitrogens with one attached hydrogen (secondary N) is 2. The first kappa shape index (κ1) is 22.6. The van der Waals surface area contributed by atoms with E-state index in [1.165, 1.54) is 0 Å². The van der Waals surface area contributed by atoms with Crippen molar-refractivity contribution in [3.8, 4) is 0 Å². The maximum Gasteiger partial charge on any atom is 0.276 e. The average molecular weight is 491 g/mol. The number of hydrogen-bond acceptors (Lipinski definition) is 7. The number of carbonyl (C=O) groups is 1. The molecule has 2 aliphatic rings. The van der Waals surface area contributed by atoms with E-state index < -0.39 is 10.6 Å². The highest BCUT2D eigenvalue weighted by Gasteiger charge is 2.34. The fourth-order valence-electron chi connectivity index (χ4n) is 4.93. The first-order valence-electron chi connectivity index (χ1n) is 11.3. The predicted octanol–water partition coefficient (Wildman–Crippen LogP) is 4.58. The summed E-state index contributed by atoms with van der Waals surface area (Å²) in [5.74, 6) is 0.780. The SMILES string of the molecule is CC1(C)CCc2c(C(=O)Nc3cnn(C(c4nccs4)C4CCS(O)(O)CC4)c3)n[nH]c2C1. The van der Waals surface area contributed by atoms with Crippen LogP contribution in [0.25, 0.3) is 0 Å². The second-order valence-electron chi connectivity index (χ2n) is 9.90. The minimum absolute atomic E-state index is 0.105. The van der Waals surface area contributed by atoms with Gasteiger partial charge in [-0.25, -0.2) is 4.98 Å². The van der Waals surface area contributed by atoms with Crippen molar-refractivity contribution in [3.05, 3.63) is 45.9 Å². The number of thiazole rings is 1. The number of amides is 1. The average Bonchev–Trinajstić information content (AvgIpc) is 3.50. The van der Waals surface area contributed by atoms with Crippen molar-refractivity contribution < 1.29 is 13.9 Å². The van der Waals surface area contributed by atoms with Crippen molar-refractivity contribution in [2.45, 2.75) is 52.0 Å². The monoisotopic (exact) mass is 490 g/mol. The number of nitrogens with zero attached hydrogens (tertiary/aromatic N) is 4. The largest absolute Gasteiger partial charge is 0.318 e. The smallest absolute Gasteiger partial charge is 0.276 e. The Kier molecular flexibility index (Phi) is 5.84. The van der Waals surface area contributed by atoms with E-state index in [1.54, 1.807) is 23.7 Å². The van der Waals surface area contributed by atoms with E-state index in [0.717, 1.165) is 35.5 Å². The molecule has 0 spiro atoms. The molecule has 1 fully saturated rings. The summed E-state index contributed by atoms with van der Waals surface area (Å²) in [6.07, 6.45) is 9.41. The van der Waals surface area contributed by atoms with Crippen LogP contribution in [0.4, 0.5) is 5.69 Å². The van der Waals surface area contributed by atoms with Gasteiger partial charge in [0, 0.05) is 40.5 Å². The van der Waals surface area contributed by atoms with E-state index in [-0.39, 0.29) is 23.3 Å². The summed E-state index contributed by atoms with van der Waals surface area (Å²) in [5.41, 5.74) is 3.35. The molecule has 0 radical (unpaired) electrons. The van der Waals surface area contributed by atoms with Gasteiger partial charge in [0.15, 0.2) is 5.69 Å². The van der Waals surface area contributed by atoms with Gasteiger partial charge in [-0.05, 0) is 43.4 Å². The third-order valence-corrected chi connectivity index (χ3v) is 9.43. The van der Waals surface area contributed by atoms with Crippen LogP contribution in [0.3, 0.4) is 0 Å². The molecule has 1 saturated heterocycles. The molecular formula is C22H30N6O3S2. The molecule has 1 unspecified atom stereocenters. The number of anilines is 1. The van der Waals surface area contributed by atoms with E-state index in [4.69, 9.17) is 0 Å². The first-order chi connectivity index (χ1) is 15.7. The van der Waals surface area contributed by atoms with Gasteiger partial charge in [0.05, 0.1) is 11.9 Å². The molecule has 33 heavy (non-hydrogen) atoms. The molecule has 0 bridgehead atoms. The Morgan fingerprint density at radius 3 is 2.88 bits per heavy atom. The summed E-state index contributed by atoms with van der Waals surface area (Å²) in [7, 11) is -2.46. The van der Waals surface area contributed by atoms with E-state index in [1.807, 2.05) is 16.3 Å². The lowest BCUT2D eigenvalue weighted by Crippen LogP contribution is -2.29. The zero-order chi connectivity index (χ0) is 23.2. The molecule has 1 amide bonds. The molecule has 11 heteroatoms. The minimum atomic E-state index is -2.46. The zero-order valence-electron chi connectivity index (χ0n) is 18.8. The molecule has 178 valence electrons. The van der Waals surface area contributed by atoms with Crippen molar-refractivity contribution in [2.24, 2.45) is 11.3 Å². The topological polar surface area (TPSA) is 129 Å². The predicted molar refractivity (Wildman–Crippen MR) is 130 cm³/mol. The highest BCUT2D eigenvalue weighted by molar-refractivity contribution is 8.24. The molecule has 3 aromatic rings. The molecule has 3 aromatic heterocycles. The zero-order valence-corrected chi connectivity index (χ0v) is 20.5. The van der Waals surface area contributed by atoms with Gasteiger partial charge >= 0.3 is 0 Å². The molecule has 1 atom stereocenters. The maximum atomic E-state index is 13.0. The summed E-state index contributed by atoms with van der Waals surface area (Å²) in [5, 5.41) is 17.7. The summed E-state index contributed by atoms with van der Waals surface area (Å²) in [6, 6.07) is -0.105. The van der Waals surface area contributed by atoms with Crippen LogP contribution >= 0.6 is 21.9 Å². The third kappa shape index (κ3) is 4.72.